The summed E-state index contributed by atoms with van der Waals surface area (Å²) in [6, 6.07) is 2.68. The normalized spacial score (nSPS) is 14.9. The van der Waals surface area contributed by atoms with Crippen LogP contribution in [0, 0.1) is 11.3 Å². The average molecular weight is 412 g/mol. The summed E-state index contributed by atoms with van der Waals surface area (Å²) in [5.41, 5.74) is -0.782. The van der Waals surface area contributed by atoms with Crippen molar-refractivity contribution in [1.82, 2.24) is 0 Å². The maximum Gasteiger partial charge on any atom is 0.332 e. The fourth-order valence-corrected chi connectivity index (χ4v) is 5.16. The molecule has 0 saturated heterocycles. The predicted molar refractivity (Wildman–Crippen MR) is 123 cm³/mol. The molecule has 0 N–H and O–H groups in total. The molecule has 0 heterocycles. The summed E-state index contributed by atoms with van der Waals surface area (Å²) < 4.78 is 13.5. The molecule has 0 rings (SSSR count). The van der Waals surface area contributed by atoms with E-state index in [0.29, 0.717) is 12.8 Å². The summed E-state index contributed by atoms with van der Waals surface area (Å²) in [6.07, 6.45) is 4.05. The standard InChI is InChI=1S/C21H41NO3Si2/c1-13-15-21(16-14-2,25-27(11,12)20(6,7)8)18(17-22-23)24-26(9,10)19(3,4)5/h13-14,18H,1-2,15-16H2,3-12H3/t18-/m1/s1. The van der Waals surface area contributed by atoms with Crippen LogP contribution < -0.4 is 0 Å². The Hall–Kier alpha value is -0.876. The SMILES string of the molecule is C=CCC(CC=C)(O[Si](C)(C)C(C)(C)C)[C@@H](C#[N+][O-])O[Si](C)(C)C(C)(C)C. The lowest BCUT2D eigenvalue weighted by atomic mass is 9.90. The third-order valence-electron chi connectivity index (χ3n) is 6.11. The van der Waals surface area contributed by atoms with Crippen LogP contribution in [0.15, 0.2) is 25.3 Å². The van der Waals surface area contributed by atoms with Gasteiger partial charge in [0, 0.05) is 5.01 Å². The van der Waals surface area contributed by atoms with Gasteiger partial charge in [-0.1, -0.05) is 53.7 Å². The molecule has 156 valence electrons. The molecule has 6 heteroatoms. The van der Waals surface area contributed by atoms with Crippen molar-refractivity contribution >= 4 is 16.6 Å². The first kappa shape index (κ1) is 26.1. The van der Waals surface area contributed by atoms with Crippen LogP contribution in [-0.4, -0.2) is 28.3 Å². The lowest BCUT2D eigenvalue weighted by Gasteiger charge is -2.48. The Labute approximate surface area is 169 Å². The zero-order valence-corrected chi connectivity index (χ0v) is 21.2. The van der Waals surface area contributed by atoms with Crippen LogP contribution in [0.5, 0.6) is 0 Å². The van der Waals surface area contributed by atoms with Crippen LogP contribution in [-0.2, 0) is 8.85 Å². The highest BCUT2D eigenvalue weighted by Gasteiger charge is 2.52. The van der Waals surface area contributed by atoms with E-state index in [0.717, 1.165) is 0 Å². The van der Waals surface area contributed by atoms with Crippen LogP contribution in [0.3, 0.4) is 0 Å². The minimum absolute atomic E-state index is 0.0106. The van der Waals surface area contributed by atoms with Crippen LogP contribution in [0.4, 0.5) is 0 Å². The van der Waals surface area contributed by atoms with Gasteiger partial charge in [0.1, 0.15) is 5.60 Å². The monoisotopic (exact) mass is 411 g/mol. The summed E-state index contributed by atoms with van der Waals surface area (Å²) in [6.45, 7) is 29.7. The Morgan fingerprint density at radius 1 is 0.926 bits per heavy atom. The Morgan fingerprint density at radius 3 is 1.63 bits per heavy atom. The fraction of sp³-hybridized carbons (Fsp3) is 0.762. The average Bonchev–Trinajstić information content (AvgIpc) is 2.44. The fourth-order valence-electron chi connectivity index (χ4n) is 2.35. The molecule has 0 aromatic rings. The first-order valence-electron chi connectivity index (χ1n) is 9.67. The zero-order valence-electron chi connectivity index (χ0n) is 19.2. The highest BCUT2D eigenvalue weighted by Crippen LogP contribution is 2.45. The minimum atomic E-state index is -2.19. The molecule has 0 aromatic heterocycles. The largest absolute Gasteiger partial charge is 0.498 e. The second-order valence-electron chi connectivity index (χ2n) is 10.4. The van der Waals surface area contributed by atoms with E-state index >= 15 is 0 Å². The topological polar surface area (TPSA) is 45.9 Å². The van der Waals surface area contributed by atoms with E-state index in [1.807, 2.05) is 12.2 Å². The molecule has 0 spiro atoms. The third kappa shape index (κ3) is 6.60. The van der Waals surface area contributed by atoms with Gasteiger partial charge in [-0.25, -0.2) is 0 Å². The lowest BCUT2D eigenvalue weighted by Crippen LogP contribution is -2.58. The molecule has 0 bridgehead atoms. The van der Waals surface area contributed by atoms with Crippen molar-refractivity contribution < 1.29 is 8.85 Å². The maximum absolute atomic E-state index is 11.2. The van der Waals surface area contributed by atoms with Gasteiger partial charge in [0.15, 0.2) is 16.6 Å². The summed E-state index contributed by atoms with van der Waals surface area (Å²) in [7, 11) is -4.36. The highest BCUT2D eigenvalue weighted by atomic mass is 28.4. The Balaban J connectivity index is 6.36. The van der Waals surface area contributed by atoms with Gasteiger partial charge in [0.2, 0.25) is 6.10 Å². The van der Waals surface area contributed by atoms with Gasteiger partial charge in [0.05, 0.1) is 0 Å². The molecule has 4 nitrogen and oxygen atoms in total. The Kier molecular flexibility index (Phi) is 8.79. The van der Waals surface area contributed by atoms with Crippen LogP contribution in [0.25, 0.3) is 5.01 Å². The Bertz CT molecular complexity index is 565. The predicted octanol–water partition coefficient (Wildman–Crippen LogP) is 7.12. The van der Waals surface area contributed by atoms with Crippen LogP contribution >= 0.6 is 0 Å². The number of hydrogen-bond donors (Lipinski definition) is 0. The quantitative estimate of drug-likeness (QED) is 0.230. The van der Waals surface area contributed by atoms with Crippen molar-refractivity contribution in [2.45, 2.75) is 102 Å². The summed E-state index contributed by atoms with van der Waals surface area (Å²) in [4.78, 5) is 0. The molecular formula is C21H41NO3Si2. The van der Waals surface area contributed by atoms with Gasteiger partial charge < -0.3 is 14.1 Å². The Morgan fingerprint density at radius 2 is 1.33 bits per heavy atom. The molecule has 1 atom stereocenters. The van der Waals surface area contributed by atoms with Crippen molar-refractivity contribution in [2.75, 3.05) is 0 Å². The first-order valence-corrected chi connectivity index (χ1v) is 15.5. The van der Waals surface area contributed by atoms with E-state index in [9.17, 15) is 5.21 Å². The molecule has 0 amide bonds. The molecule has 0 aliphatic heterocycles. The second-order valence-corrected chi connectivity index (χ2v) is 19.9. The smallest absolute Gasteiger partial charge is 0.332 e. The van der Waals surface area contributed by atoms with Gasteiger partial charge in [-0.3, -0.25) is 0 Å². The summed E-state index contributed by atoms with van der Waals surface area (Å²) in [5.74, 6) is 0. The molecule has 0 aliphatic carbocycles. The van der Waals surface area contributed by atoms with Gasteiger partial charge in [-0.15, -0.1) is 13.2 Å². The number of nitrogens with zero attached hydrogens (tertiary/aromatic N) is 1. The van der Waals surface area contributed by atoms with Crippen molar-refractivity contribution in [3.05, 3.63) is 35.5 Å². The summed E-state index contributed by atoms with van der Waals surface area (Å²) >= 11 is 0. The minimum Gasteiger partial charge on any atom is -0.498 e. The molecular weight excluding hydrogens is 370 g/mol. The van der Waals surface area contributed by atoms with Gasteiger partial charge in [-0.2, -0.15) is 0 Å². The first-order chi connectivity index (χ1) is 12.0. The van der Waals surface area contributed by atoms with E-state index in [1.54, 1.807) is 0 Å². The summed E-state index contributed by atoms with van der Waals surface area (Å²) in [5, 5.41) is 14.2. The van der Waals surface area contributed by atoms with E-state index in [2.05, 4.69) is 92.0 Å². The molecule has 0 saturated carbocycles. The van der Waals surface area contributed by atoms with Gasteiger partial charge in [-0.05, 0) is 49.1 Å². The van der Waals surface area contributed by atoms with E-state index in [1.165, 1.54) is 0 Å². The molecule has 27 heavy (non-hydrogen) atoms. The maximum atomic E-state index is 11.2. The van der Waals surface area contributed by atoms with Crippen molar-refractivity contribution in [3.8, 4) is 6.07 Å². The molecule has 0 aromatic carbocycles. The van der Waals surface area contributed by atoms with Crippen molar-refractivity contribution in [2.24, 2.45) is 0 Å². The van der Waals surface area contributed by atoms with Crippen molar-refractivity contribution in [3.63, 3.8) is 0 Å². The van der Waals surface area contributed by atoms with Crippen LogP contribution in [0.2, 0.25) is 36.3 Å². The third-order valence-corrected chi connectivity index (χ3v) is 15.1. The van der Waals surface area contributed by atoms with E-state index in [4.69, 9.17) is 8.85 Å². The van der Waals surface area contributed by atoms with Gasteiger partial charge >= 0.3 is 6.07 Å². The van der Waals surface area contributed by atoms with E-state index < -0.39 is 28.3 Å². The molecule has 0 unspecified atom stereocenters. The lowest BCUT2D eigenvalue weighted by molar-refractivity contribution is -0.0259. The number of rotatable bonds is 9. The number of hydrogen-bond acceptors (Lipinski definition) is 3. The molecule has 0 radical (unpaired) electrons. The van der Waals surface area contributed by atoms with Crippen LogP contribution in [0.1, 0.15) is 54.4 Å². The zero-order chi connectivity index (χ0) is 21.7. The second kappa shape index (κ2) is 9.08. The van der Waals surface area contributed by atoms with Crippen molar-refractivity contribution in [1.29, 1.82) is 0 Å². The molecule has 0 fully saturated rings. The highest BCUT2D eigenvalue weighted by molar-refractivity contribution is 6.74. The molecule has 0 aliphatic rings. The van der Waals surface area contributed by atoms with Gasteiger partial charge in [0.25, 0.3) is 0 Å². The van der Waals surface area contributed by atoms with E-state index in [-0.39, 0.29) is 10.1 Å².